The molecule has 36 heavy (non-hydrogen) atoms. The zero-order valence-corrected chi connectivity index (χ0v) is 19.5. The summed E-state index contributed by atoms with van der Waals surface area (Å²) >= 11 is 0. The molecular formula is C23H24F4N6O3. The third-order valence-corrected chi connectivity index (χ3v) is 4.66. The lowest BCUT2D eigenvalue weighted by atomic mass is 10.2. The van der Waals surface area contributed by atoms with E-state index in [0.717, 1.165) is 12.1 Å². The minimum Gasteiger partial charge on any atom is -0.406 e. The van der Waals surface area contributed by atoms with E-state index in [0.29, 0.717) is 37.7 Å². The number of alkyl halides is 3. The molecule has 1 amide bonds. The first-order chi connectivity index (χ1) is 17.3. The molecule has 192 valence electrons. The number of hydrogen-bond donors (Lipinski definition) is 2. The summed E-state index contributed by atoms with van der Waals surface area (Å²) in [7, 11) is 0. The minimum absolute atomic E-state index is 0.0255. The second-order valence-corrected chi connectivity index (χ2v) is 7.04. The normalized spacial score (nSPS) is 13.3. The van der Waals surface area contributed by atoms with Crippen molar-refractivity contribution in [2.75, 3.05) is 41.8 Å². The van der Waals surface area contributed by atoms with Crippen molar-refractivity contribution in [2.45, 2.75) is 20.2 Å². The summed E-state index contributed by atoms with van der Waals surface area (Å²) in [5.41, 5.74) is 0.936. The van der Waals surface area contributed by atoms with Crippen LogP contribution in [-0.4, -0.2) is 53.5 Å². The van der Waals surface area contributed by atoms with Crippen molar-refractivity contribution < 1.29 is 31.8 Å². The molecule has 0 saturated carbocycles. The molecule has 0 aliphatic carbocycles. The summed E-state index contributed by atoms with van der Waals surface area (Å²) in [5.74, 6) is -1.75. The van der Waals surface area contributed by atoms with Crippen LogP contribution in [0.2, 0.25) is 0 Å². The predicted molar refractivity (Wildman–Crippen MR) is 125 cm³/mol. The largest absolute Gasteiger partial charge is 0.573 e. The summed E-state index contributed by atoms with van der Waals surface area (Å²) in [6.07, 6.45) is -2.31. The number of halogens is 4. The number of hydrogen-bond acceptors (Lipinski definition) is 8. The van der Waals surface area contributed by atoms with Crippen LogP contribution in [0.25, 0.3) is 0 Å². The number of carbonyl (C=O) groups is 1. The highest BCUT2D eigenvalue weighted by Crippen LogP contribution is 2.28. The number of aromatic nitrogens is 3. The molecule has 0 radical (unpaired) electrons. The van der Waals surface area contributed by atoms with Gasteiger partial charge in [-0.3, -0.25) is 4.79 Å². The highest BCUT2D eigenvalue weighted by atomic mass is 19.4. The van der Waals surface area contributed by atoms with Gasteiger partial charge in [-0.15, -0.1) is 13.2 Å². The Morgan fingerprint density at radius 3 is 2.58 bits per heavy atom. The van der Waals surface area contributed by atoms with Gasteiger partial charge in [0.15, 0.2) is 0 Å². The number of rotatable bonds is 6. The number of morpholine rings is 1. The molecule has 1 fully saturated rings. The van der Waals surface area contributed by atoms with Gasteiger partial charge in [-0.2, -0.15) is 4.39 Å². The lowest BCUT2D eigenvalue weighted by Crippen LogP contribution is -2.37. The van der Waals surface area contributed by atoms with Gasteiger partial charge in [-0.05, 0) is 18.2 Å². The standard InChI is InChI=1S/C21H18F4N6O3.C2H6/c22-18-11-17(31-6-8-33-9-7-31)16(12-27-18)29-19(32)15-4-5-26-20(30-15)28-13-2-1-3-14(10-13)34-21(23,24)25;1-2/h1-5,10-12H,6-9H2,(H,29,32)(H,26,28,30);1-2H3. The maximum absolute atomic E-state index is 13.8. The van der Waals surface area contributed by atoms with E-state index in [1.807, 2.05) is 18.7 Å². The molecule has 3 heterocycles. The summed E-state index contributed by atoms with van der Waals surface area (Å²) in [6.45, 7) is 5.97. The number of pyridine rings is 1. The van der Waals surface area contributed by atoms with Crippen molar-refractivity contribution in [2.24, 2.45) is 0 Å². The second-order valence-electron chi connectivity index (χ2n) is 7.04. The molecule has 0 unspecified atom stereocenters. The molecule has 1 aromatic carbocycles. The van der Waals surface area contributed by atoms with E-state index in [-0.39, 0.29) is 17.3 Å². The lowest BCUT2D eigenvalue weighted by Gasteiger charge is -2.30. The van der Waals surface area contributed by atoms with Crippen molar-refractivity contribution in [3.8, 4) is 5.75 Å². The molecule has 2 aromatic heterocycles. The van der Waals surface area contributed by atoms with Gasteiger partial charge in [0.05, 0.1) is 30.8 Å². The molecule has 2 N–H and O–H groups in total. The van der Waals surface area contributed by atoms with E-state index in [4.69, 9.17) is 4.74 Å². The molecule has 13 heteroatoms. The number of ether oxygens (including phenoxy) is 2. The van der Waals surface area contributed by atoms with Crippen LogP contribution in [0.1, 0.15) is 24.3 Å². The first-order valence-electron chi connectivity index (χ1n) is 11.0. The molecule has 1 aliphatic rings. The number of nitrogens with one attached hydrogen (secondary N) is 2. The molecular weight excluding hydrogens is 484 g/mol. The first-order valence-corrected chi connectivity index (χ1v) is 11.0. The fraction of sp³-hybridized carbons (Fsp3) is 0.304. The lowest BCUT2D eigenvalue weighted by molar-refractivity contribution is -0.274. The highest BCUT2D eigenvalue weighted by Gasteiger charge is 2.31. The summed E-state index contributed by atoms with van der Waals surface area (Å²) < 4.78 is 60.3. The van der Waals surface area contributed by atoms with Crippen molar-refractivity contribution in [1.82, 2.24) is 15.0 Å². The fourth-order valence-electron chi connectivity index (χ4n) is 3.21. The molecule has 9 nitrogen and oxygen atoms in total. The molecule has 1 saturated heterocycles. The SMILES string of the molecule is CC.O=C(Nc1cnc(F)cc1N1CCOCC1)c1ccnc(Nc2cccc(OC(F)(F)F)c2)n1. The Kier molecular flexibility index (Phi) is 8.95. The van der Waals surface area contributed by atoms with E-state index in [9.17, 15) is 22.4 Å². The van der Waals surface area contributed by atoms with Crippen LogP contribution in [0.5, 0.6) is 5.75 Å². The Hall–Kier alpha value is -4.00. The number of benzene rings is 1. The van der Waals surface area contributed by atoms with Gasteiger partial charge in [0.2, 0.25) is 11.9 Å². The average Bonchev–Trinajstić information content (AvgIpc) is 2.86. The van der Waals surface area contributed by atoms with Gasteiger partial charge in [-0.1, -0.05) is 19.9 Å². The molecule has 4 rings (SSSR count). The molecule has 3 aromatic rings. The van der Waals surface area contributed by atoms with E-state index in [1.165, 1.54) is 36.7 Å². The van der Waals surface area contributed by atoms with E-state index in [1.54, 1.807) is 0 Å². The second kappa shape index (κ2) is 12.1. The number of carbonyl (C=O) groups excluding carboxylic acids is 1. The maximum atomic E-state index is 13.8. The van der Waals surface area contributed by atoms with Crippen LogP contribution < -0.4 is 20.3 Å². The maximum Gasteiger partial charge on any atom is 0.573 e. The Morgan fingerprint density at radius 2 is 1.86 bits per heavy atom. The zero-order valence-electron chi connectivity index (χ0n) is 19.5. The Labute approximate surface area is 204 Å². The van der Waals surface area contributed by atoms with Gasteiger partial charge in [0.1, 0.15) is 11.4 Å². The zero-order chi connectivity index (χ0) is 26.1. The van der Waals surface area contributed by atoms with Crippen molar-refractivity contribution in [3.63, 3.8) is 0 Å². The fourth-order valence-corrected chi connectivity index (χ4v) is 3.21. The summed E-state index contributed by atoms with van der Waals surface area (Å²) in [4.78, 5) is 26.4. The van der Waals surface area contributed by atoms with E-state index >= 15 is 0 Å². The summed E-state index contributed by atoms with van der Waals surface area (Å²) in [5, 5.41) is 5.39. The average molecular weight is 508 g/mol. The Morgan fingerprint density at radius 1 is 1.11 bits per heavy atom. The van der Waals surface area contributed by atoms with Crippen LogP contribution in [0.15, 0.2) is 48.8 Å². The molecule has 0 spiro atoms. The van der Waals surface area contributed by atoms with Crippen molar-refractivity contribution >= 4 is 28.9 Å². The summed E-state index contributed by atoms with van der Waals surface area (Å²) in [6, 6.07) is 7.68. The molecule has 0 atom stereocenters. The van der Waals surface area contributed by atoms with E-state index in [2.05, 4.69) is 30.3 Å². The monoisotopic (exact) mass is 508 g/mol. The minimum atomic E-state index is -4.83. The Balaban J connectivity index is 0.00000176. The van der Waals surface area contributed by atoms with Crippen LogP contribution in [0.3, 0.4) is 0 Å². The van der Waals surface area contributed by atoms with Crippen molar-refractivity contribution in [3.05, 3.63) is 60.4 Å². The van der Waals surface area contributed by atoms with Crippen LogP contribution in [0, 0.1) is 5.95 Å². The van der Waals surface area contributed by atoms with Crippen molar-refractivity contribution in [1.29, 1.82) is 0 Å². The predicted octanol–water partition coefficient (Wildman–Crippen LogP) is 4.77. The van der Waals surface area contributed by atoms with Crippen LogP contribution in [-0.2, 0) is 4.74 Å². The van der Waals surface area contributed by atoms with Gasteiger partial charge < -0.3 is 25.0 Å². The topological polar surface area (TPSA) is 102 Å². The van der Waals surface area contributed by atoms with Gasteiger partial charge in [-0.25, -0.2) is 15.0 Å². The number of anilines is 4. The Bertz CT molecular complexity index is 1170. The first kappa shape index (κ1) is 26.6. The third kappa shape index (κ3) is 7.50. The van der Waals surface area contributed by atoms with Gasteiger partial charge in [0.25, 0.3) is 5.91 Å². The molecule has 1 aliphatic heterocycles. The van der Waals surface area contributed by atoms with Crippen LogP contribution in [0.4, 0.5) is 40.6 Å². The third-order valence-electron chi connectivity index (χ3n) is 4.66. The number of nitrogens with zero attached hydrogens (tertiary/aromatic N) is 4. The quantitative estimate of drug-likeness (QED) is 0.363. The van der Waals surface area contributed by atoms with Crippen LogP contribution >= 0.6 is 0 Å². The smallest absolute Gasteiger partial charge is 0.406 e. The number of amides is 1. The highest BCUT2D eigenvalue weighted by molar-refractivity contribution is 6.04. The molecule has 0 bridgehead atoms. The van der Waals surface area contributed by atoms with Gasteiger partial charge in [0, 0.05) is 37.1 Å². The van der Waals surface area contributed by atoms with E-state index < -0.39 is 24.0 Å². The van der Waals surface area contributed by atoms with Gasteiger partial charge >= 0.3 is 6.36 Å².